The van der Waals surface area contributed by atoms with E-state index >= 15 is 0 Å². The second-order valence-electron chi connectivity index (χ2n) is 6.44. The van der Waals surface area contributed by atoms with Crippen molar-refractivity contribution < 1.29 is 9.18 Å². The maximum absolute atomic E-state index is 13.0. The lowest BCUT2D eigenvalue weighted by atomic mass is 10.2. The third-order valence-electron chi connectivity index (χ3n) is 3.79. The smallest absolute Gasteiger partial charge is 0.270 e. The lowest BCUT2D eigenvalue weighted by Gasteiger charge is -2.12. The zero-order chi connectivity index (χ0) is 19.2. The van der Waals surface area contributed by atoms with Gasteiger partial charge in [0.25, 0.3) is 5.91 Å². The number of aromatic nitrogens is 2. The number of carbonyl (C=O) groups is 1. The number of hydrogen-bond acceptors (Lipinski definition) is 4. The van der Waals surface area contributed by atoms with E-state index in [1.54, 1.807) is 18.2 Å². The minimum atomic E-state index is -0.314. The van der Waals surface area contributed by atoms with Crippen LogP contribution in [0.3, 0.4) is 0 Å². The molecule has 5 nitrogen and oxygen atoms in total. The lowest BCUT2D eigenvalue weighted by molar-refractivity contribution is 0.0946. The minimum absolute atomic E-state index is 0.165. The summed E-state index contributed by atoms with van der Waals surface area (Å²) in [5, 5.41) is 6.03. The third kappa shape index (κ3) is 5.10. The molecule has 0 radical (unpaired) electrons. The molecule has 0 unspecified atom stereocenters. The van der Waals surface area contributed by atoms with E-state index in [0.29, 0.717) is 11.6 Å². The second kappa shape index (κ2) is 8.40. The van der Waals surface area contributed by atoms with E-state index in [1.807, 2.05) is 44.2 Å². The van der Waals surface area contributed by atoms with Crippen LogP contribution in [0, 0.1) is 5.82 Å². The zero-order valence-corrected chi connectivity index (χ0v) is 15.2. The van der Waals surface area contributed by atoms with E-state index < -0.39 is 0 Å². The molecule has 6 heteroatoms. The lowest BCUT2D eigenvalue weighted by Crippen LogP contribution is -2.24. The maximum Gasteiger partial charge on any atom is 0.270 e. The van der Waals surface area contributed by atoms with Crippen molar-refractivity contribution in [2.24, 2.45) is 0 Å². The van der Waals surface area contributed by atoms with Crippen LogP contribution in [0.1, 0.15) is 29.9 Å². The molecule has 2 N–H and O–H groups in total. The number of nitrogens with zero attached hydrogens (tertiary/aromatic N) is 2. The molecule has 0 aliphatic carbocycles. The Kier molecular flexibility index (Phi) is 5.76. The maximum atomic E-state index is 13.0. The van der Waals surface area contributed by atoms with Gasteiger partial charge in [0.15, 0.2) is 5.82 Å². The van der Waals surface area contributed by atoms with Gasteiger partial charge in [-0.15, -0.1) is 0 Å². The number of anilines is 1. The molecular formula is C21H21FN4O. The summed E-state index contributed by atoms with van der Waals surface area (Å²) in [5.74, 6) is 0.447. The van der Waals surface area contributed by atoms with Crippen LogP contribution in [0.5, 0.6) is 0 Å². The van der Waals surface area contributed by atoms with Gasteiger partial charge in [0.1, 0.15) is 17.3 Å². The van der Waals surface area contributed by atoms with E-state index in [1.165, 1.54) is 12.1 Å². The quantitative estimate of drug-likeness (QED) is 0.693. The summed E-state index contributed by atoms with van der Waals surface area (Å²) in [7, 11) is 0. The average Bonchev–Trinajstić information content (AvgIpc) is 2.67. The first kappa shape index (κ1) is 18.5. The number of halogens is 1. The van der Waals surface area contributed by atoms with Crippen LogP contribution in [0.2, 0.25) is 0 Å². The highest BCUT2D eigenvalue weighted by Gasteiger charge is 2.13. The molecule has 3 aromatic rings. The number of rotatable bonds is 6. The molecule has 0 saturated heterocycles. The Morgan fingerprint density at radius 2 is 1.74 bits per heavy atom. The molecule has 0 spiro atoms. The highest BCUT2D eigenvalue weighted by atomic mass is 19.1. The van der Waals surface area contributed by atoms with Crippen molar-refractivity contribution in [3.05, 3.63) is 77.7 Å². The summed E-state index contributed by atoms with van der Waals surface area (Å²) in [6, 6.07) is 17.3. The molecule has 0 fully saturated rings. The van der Waals surface area contributed by atoms with Crippen LogP contribution in [0.4, 0.5) is 10.2 Å². The van der Waals surface area contributed by atoms with Gasteiger partial charge in [-0.2, -0.15) is 0 Å². The average molecular weight is 364 g/mol. The molecule has 0 bridgehead atoms. The van der Waals surface area contributed by atoms with E-state index in [-0.39, 0.29) is 30.0 Å². The summed E-state index contributed by atoms with van der Waals surface area (Å²) in [4.78, 5) is 21.5. The van der Waals surface area contributed by atoms with Gasteiger partial charge in [-0.05, 0) is 31.5 Å². The van der Waals surface area contributed by atoms with E-state index in [4.69, 9.17) is 0 Å². The molecule has 0 aliphatic heterocycles. The van der Waals surface area contributed by atoms with E-state index in [0.717, 1.165) is 11.1 Å². The van der Waals surface area contributed by atoms with Crippen LogP contribution in [-0.2, 0) is 6.54 Å². The van der Waals surface area contributed by atoms with Crippen LogP contribution in [0.25, 0.3) is 11.4 Å². The highest BCUT2D eigenvalue weighted by Crippen LogP contribution is 2.18. The summed E-state index contributed by atoms with van der Waals surface area (Å²) in [6.07, 6.45) is 0. The summed E-state index contributed by atoms with van der Waals surface area (Å²) in [6.45, 7) is 4.29. The molecule has 0 saturated carbocycles. The van der Waals surface area contributed by atoms with Crippen molar-refractivity contribution in [1.82, 2.24) is 15.3 Å². The summed E-state index contributed by atoms with van der Waals surface area (Å²) < 4.78 is 13.0. The molecule has 1 aromatic heterocycles. The van der Waals surface area contributed by atoms with E-state index in [9.17, 15) is 9.18 Å². The van der Waals surface area contributed by atoms with Gasteiger partial charge >= 0.3 is 0 Å². The largest absolute Gasteiger partial charge is 0.368 e. The van der Waals surface area contributed by atoms with Gasteiger partial charge in [0.05, 0.1) is 0 Å². The van der Waals surface area contributed by atoms with Crippen LogP contribution >= 0.6 is 0 Å². The zero-order valence-electron chi connectivity index (χ0n) is 15.2. The molecule has 3 rings (SSSR count). The Labute approximate surface area is 157 Å². The first-order valence-electron chi connectivity index (χ1n) is 8.75. The number of carbonyl (C=O) groups excluding carboxylic acids is 1. The van der Waals surface area contributed by atoms with Gasteiger partial charge < -0.3 is 10.6 Å². The van der Waals surface area contributed by atoms with E-state index in [2.05, 4.69) is 20.6 Å². The molecule has 0 aliphatic rings. The van der Waals surface area contributed by atoms with Crippen molar-refractivity contribution in [1.29, 1.82) is 0 Å². The summed E-state index contributed by atoms with van der Waals surface area (Å²) >= 11 is 0. The Hall–Kier alpha value is -3.28. The molecule has 27 heavy (non-hydrogen) atoms. The van der Waals surface area contributed by atoms with Crippen LogP contribution in [0.15, 0.2) is 60.7 Å². The predicted molar refractivity (Wildman–Crippen MR) is 104 cm³/mol. The van der Waals surface area contributed by atoms with Gasteiger partial charge in [-0.1, -0.05) is 42.5 Å². The Bertz CT molecular complexity index is 911. The van der Waals surface area contributed by atoms with Gasteiger partial charge in [-0.25, -0.2) is 14.4 Å². The molecule has 0 atom stereocenters. The fraction of sp³-hybridized carbons (Fsp3) is 0.190. The van der Waals surface area contributed by atoms with Crippen molar-refractivity contribution in [2.75, 3.05) is 5.32 Å². The topological polar surface area (TPSA) is 66.9 Å². The SMILES string of the molecule is CC(C)Nc1cc(C(=O)NCc2ccc(F)cc2)nc(-c2ccccc2)n1. The Morgan fingerprint density at radius 3 is 2.41 bits per heavy atom. The van der Waals surface area contributed by atoms with Crippen molar-refractivity contribution in [2.45, 2.75) is 26.4 Å². The van der Waals surface area contributed by atoms with Crippen molar-refractivity contribution in [3.8, 4) is 11.4 Å². The third-order valence-corrected chi connectivity index (χ3v) is 3.79. The monoisotopic (exact) mass is 364 g/mol. The van der Waals surface area contributed by atoms with Crippen LogP contribution in [-0.4, -0.2) is 21.9 Å². The summed E-state index contributed by atoms with van der Waals surface area (Å²) in [5.41, 5.74) is 1.91. The molecular weight excluding hydrogens is 343 g/mol. The fourth-order valence-corrected chi connectivity index (χ4v) is 2.52. The molecule has 2 aromatic carbocycles. The predicted octanol–water partition coefficient (Wildman–Crippen LogP) is 4.03. The molecule has 1 amide bonds. The second-order valence-corrected chi connectivity index (χ2v) is 6.44. The highest BCUT2D eigenvalue weighted by molar-refractivity contribution is 5.93. The Morgan fingerprint density at radius 1 is 1.04 bits per heavy atom. The number of benzene rings is 2. The van der Waals surface area contributed by atoms with Gasteiger partial charge in [0.2, 0.25) is 0 Å². The Balaban J connectivity index is 1.84. The number of nitrogens with one attached hydrogen (secondary N) is 2. The standard InChI is InChI=1S/C21H21FN4O/c1-14(2)24-19-12-18(25-20(26-19)16-6-4-3-5-7-16)21(27)23-13-15-8-10-17(22)11-9-15/h3-12,14H,13H2,1-2H3,(H,23,27)(H,24,25,26). The molecule has 138 valence electrons. The number of amides is 1. The normalized spacial score (nSPS) is 10.7. The minimum Gasteiger partial charge on any atom is -0.368 e. The van der Waals surface area contributed by atoms with Gasteiger partial charge in [-0.3, -0.25) is 4.79 Å². The van der Waals surface area contributed by atoms with Crippen LogP contribution < -0.4 is 10.6 Å². The first-order chi connectivity index (χ1) is 13.0. The molecule has 1 heterocycles. The fourth-order valence-electron chi connectivity index (χ4n) is 2.52. The van der Waals surface area contributed by atoms with Gasteiger partial charge in [0, 0.05) is 24.2 Å². The van der Waals surface area contributed by atoms with Crippen molar-refractivity contribution >= 4 is 11.7 Å². The number of hydrogen-bond donors (Lipinski definition) is 2. The van der Waals surface area contributed by atoms with Crippen molar-refractivity contribution in [3.63, 3.8) is 0 Å². The first-order valence-corrected chi connectivity index (χ1v) is 8.75.